The highest BCUT2D eigenvalue weighted by Crippen LogP contribution is 2.25. The highest BCUT2D eigenvalue weighted by molar-refractivity contribution is 9.09. The van der Waals surface area contributed by atoms with Gasteiger partial charge in [0.05, 0.1) is 10.1 Å². The zero-order valence-corrected chi connectivity index (χ0v) is 21.5. The van der Waals surface area contributed by atoms with Crippen LogP contribution >= 0.6 is 15.9 Å². The summed E-state index contributed by atoms with van der Waals surface area (Å²) in [6.45, 7) is 10.4. The van der Waals surface area contributed by atoms with Gasteiger partial charge in [0.15, 0.2) is 9.84 Å². The standard InChI is InChI=1S/C26H37BrO2S/c1-21(2)11-9-13-23(4)19-26(30(28,29)25-15-7-6-8-16-25)20-24(5)14-10-12-22(3)17-18-27/h6-8,11,14-17,19,26H,9-10,12-13,18,20H2,1-5H3/b22-17+,23-19+,24-14+. The molecule has 0 saturated heterocycles. The van der Waals surface area contributed by atoms with Crippen molar-refractivity contribution in [2.24, 2.45) is 0 Å². The molecule has 0 saturated carbocycles. The van der Waals surface area contributed by atoms with E-state index in [1.807, 2.05) is 26.0 Å². The van der Waals surface area contributed by atoms with Crippen LogP contribution in [0.3, 0.4) is 0 Å². The minimum absolute atomic E-state index is 0.396. The normalized spacial score (nSPS) is 14.5. The zero-order valence-electron chi connectivity index (χ0n) is 19.1. The molecule has 1 aromatic carbocycles. The van der Waals surface area contributed by atoms with E-state index in [-0.39, 0.29) is 0 Å². The van der Waals surface area contributed by atoms with Crippen LogP contribution in [0, 0.1) is 0 Å². The average molecular weight is 494 g/mol. The third-order valence-electron chi connectivity index (χ3n) is 5.01. The molecule has 0 aromatic heterocycles. The molecule has 0 amide bonds. The van der Waals surface area contributed by atoms with Crippen molar-refractivity contribution in [1.29, 1.82) is 0 Å². The molecule has 1 aromatic rings. The fraction of sp³-hybridized carbons (Fsp3) is 0.462. The quantitative estimate of drug-likeness (QED) is 0.219. The molecule has 2 nitrogen and oxygen atoms in total. The van der Waals surface area contributed by atoms with Crippen molar-refractivity contribution in [3.8, 4) is 0 Å². The Morgan fingerprint density at radius 3 is 2.07 bits per heavy atom. The Morgan fingerprint density at radius 1 is 0.867 bits per heavy atom. The summed E-state index contributed by atoms with van der Waals surface area (Å²) >= 11 is 3.43. The summed E-state index contributed by atoms with van der Waals surface area (Å²) in [5.74, 6) is 0. The molecule has 0 aliphatic heterocycles. The summed E-state index contributed by atoms with van der Waals surface area (Å²) in [7, 11) is -3.43. The third kappa shape index (κ3) is 10.1. The number of hydrogen-bond donors (Lipinski definition) is 0. The van der Waals surface area contributed by atoms with Gasteiger partial charge in [-0.05, 0) is 78.9 Å². The summed E-state index contributed by atoms with van der Waals surface area (Å²) in [6, 6.07) is 8.82. The van der Waals surface area contributed by atoms with E-state index >= 15 is 0 Å². The van der Waals surface area contributed by atoms with Gasteiger partial charge >= 0.3 is 0 Å². The number of hydrogen-bond acceptors (Lipinski definition) is 2. The second kappa shape index (κ2) is 13.8. The Kier molecular flexibility index (Phi) is 12.3. The van der Waals surface area contributed by atoms with Gasteiger partial charge in [0.2, 0.25) is 0 Å². The van der Waals surface area contributed by atoms with E-state index in [0.29, 0.717) is 11.3 Å². The minimum atomic E-state index is -3.43. The van der Waals surface area contributed by atoms with Crippen LogP contribution in [0.2, 0.25) is 0 Å². The number of halogens is 1. The van der Waals surface area contributed by atoms with Gasteiger partial charge in [-0.15, -0.1) is 0 Å². The maximum Gasteiger partial charge on any atom is 0.185 e. The van der Waals surface area contributed by atoms with Crippen molar-refractivity contribution in [2.75, 3.05) is 5.33 Å². The molecule has 0 N–H and O–H groups in total. The van der Waals surface area contributed by atoms with E-state index < -0.39 is 15.1 Å². The molecule has 1 rings (SSSR count). The molecule has 0 radical (unpaired) electrons. The fourth-order valence-electron chi connectivity index (χ4n) is 3.21. The molecular weight excluding hydrogens is 456 g/mol. The van der Waals surface area contributed by atoms with Crippen LogP contribution in [-0.4, -0.2) is 19.0 Å². The first-order chi connectivity index (χ1) is 14.2. The molecule has 0 spiro atoms. The number of allylic oxidation sites excluding steroid dienone is 7. The van der Waals surface area contributed by atoms with Crippen molar-refractivity contribution in [1.82, 2.24) is 0 Å². The van der Waals surface area contributed by atoms with Gasteiger partial charge in [0.1, 0.15) is 0 Å². The van der Waals surface area contributed by atoms with Crippen LogP contribution in [-0.2, 0) is 9.84 Å². The Hall–Kier alpha value is -1.39. The number of rotatable bonds is 12. The number of alkyl halides is 1. The molecule has 0 bridgehead atoms. The summed E-state index contributed by atoms with van der Waals surface area (Å²) in [6.07, 6.45) is 12.8. The largest absolute Gasteiger partial charge is 0.223 e. The molecule has 0 fully saturated rings. The molecule has 0 aliphatic rings. The van der Waals surface area contributed by atoms with Crippen LogP contribution in [0.5, 0.6) is 0 Å². The van der Waals surface area contributed by atoms with Crippen molar-refractivity contribution < 1.29 is 8.42 Å². The Labute approximate surface area is 192 Å². The second-order valence-corrected chi connectivity index (χ2v) is 11.0. The van der Waals surface area contributed by atoms with Gasteiger partial charge in [0, 0.05) is 5.33 Å². The molecule has 30 heavy (non-hydrogen) atoms. The topological polar surface area (TPSA) is 34.1 Å². The molecule has 4 heteroatoms. The van der Waals surface area contributed by atoms with Crippen LogP contribution in [0.25, 0.3) is 0 Å². The van der Waals surface area contributed by atoms with Gasteiger partial charge in [0.25, 0.3) is 0 Å². The predicted molar refractivity (Wildman–Crippen MR) is 135 cm³/mol. The lowest BCUT2D eigenvalue weighted by Crippen LogP contribution is -2.20. The third-order valence-corrected chi connectivity index (χ3v) is 7.37. The average Bonchev–Trinajstić information content (AvgIpc) is 2.68. The molecule has 0 aliphatic carbocycles. The second-order valence-electron chi connectivity index (χ2n) is 8.23. The smallest absolute Gasteiger partial charge is 0.185 e. The maximum absolute atomic E-state index is 13.4. The van der Waals surface area contributed by atoms with Crippen LogP contribution in [0.15, 0.2) is 81.8 Å². The van der Waals surface area contributed by atoms with Crippen molar-refractivity contribution >= 4 is 25.8 Å². The molecule has 1 atom stereocenters. The predicted octanol–water partition coefficient (Wildman–Crippen LogP) is 7.98. The lowest BCUT2D eigenvalue weighted by molar-refractivity contribution is 0.586. The van der Waals surface area contributed by atoms with Crippen LogP contribution in [0.4, 0.5) is 0 Å². The van der Waals surface area contributed by atoms with E-state index in [4.69, 9.17) is 0 Å². The Balaban J connectivity index is 3.06. The SMILES string of the molecule is CC(C)=CCC/C(C)=C/C(C/C(C)=C/CC/C(C)=C/CBr)S(=O)(=O)c1ccccc1. The highest BCUT2D eigenvalue weighted by Gasteiger charge is 2.25. The molecular formula is C26H37BrO2S. The summed E-state index contributed by atoms with van der Waals surface area (Å²) in [5.41, 5.74) is 4.89. The van der Waals surface area contributed by atoms with Crippen LogP contribution in [0.1, 0.15) is 66.7 Å². The monoisotopic (exact) mass is 492 g/mol. The minimum Gasteiger partial charge on any atom is -0.223 e. The van der Waals surface area contributed by atoms with Crippen molar-refractivity contribution in [3.63, 3.8) is 0 Å². The van der Waals surface area contributed by atoms with Gasteiger partial charge in [-0.1, -0.05) is 80.7 Å². The maximum atomic E-state index is 13.4. The van der Waals surface area contributed by atoms with Gasteiger partial charge in [-0.25, -0.2) is 8.42 Å². The number of sulfone groups is 1. The Bertz CT molecular complexity index is 871. The van der Waals surface area contributed by atoms with Crippen molar-refractivity contribution in [2.45, 2.75) is 76.9 Å². The molecule has 1 unspecified atom stereocenters. The van der Waals surface area contributed by atoms with E-state index in [1.54, 1.807) is 24.3 Å². The first-order valence-corrected chi connectivity index (χ1v) is 13.3. The lowest BCUT2D eigenvalue weighted by atomic mass is 10.0. The van der Waals surface area contributed by atoms with Gasteiger partial charge in [-0.2, -0.15) is 0 Å². The first-order valence-electron chi connectivity index (χ1n) is 10.6. The van der Waals surface area contributed by atoms with E-state index in [1.165, 1.54) is 11.1 Å². The summed E-state index contributed by atoms with van der Waals surface area (Å²) < 4.78 is 26.7. The van der Waals surface area contributed by atoms with Gasteiger partial charge in [-0.3, -0.25) is 0 Å². The summed E-state index contributed by atoms with van der Waals surface area (Å²) in [4.78, 5) is 0.396. The van der Waals surface area contributed by atoms with Crippen LogP contribution < -0.4 is 0 Å². The lowest BCUT2D eigenvalue weighted by Gasteiger charge is -2.16. The van der Waals surface area contributed by atoms with Gasteiger partial charge < -0.3 is 0 Å². The highest BCUT2D eigenvalue weighted by atomic mass is 79.9. The zero-order chi connectivity index (χ0) is 22.6. The number of benzene rings is 1. The first kappa shape index (κ1) is 26.6. The van der Waals surface area contributed by atoms with E-state index in [2.05, 4.69) is 54.9 Å². The van der Waals surface area contributed by atoms with E-state index in [9.17, 15) is 8.42 Å². The molecule has 0 heterocycles. The van der Waals surface area contributed by atoms with Crippen molar-refractivity contribution in [3.05, 3.63) is 76.9 Å². The summed E-state index contributed by atoms with van der Waals surface area (Å²) in [5, 5.41) is 0.331. The molecule has 166 valence electrons. The van der Waals surface area contributed by atoms with E-state index in [0.717, 1.165) is 42.2 Å². The Morgan fingerprint density at radius 2 is 1.47 bits per heavy atom. The fourth-order valence-corrected chi connectivity index (χ4v) is 5.55.